The van der Waals surface area contributed by atoms with Gasteiger partial charge in [-0.05, 0) is 63.6 Å². The van der Waals surface area contributed by atoms with Crippen molar-refractivity contribution in [1.82, 2.24) is 9.47 Å². The number of halogens is 3. The average Bonchev–Trinajstić information content (AvgIpc) is 3.22. The Labute approximate surface area is 233 Å². The number of ether oxygens (including phenoxy) is 1. The quantitative estimate of drug-likeness (QED) is 0.248. The summed E-state index contributed by atoms with van der Waals surface area (Å²) in [6.07, 6.45) is 1.62. The molecular weight excluding hydrogens is 523 g/mol. The number of amides is 2. The molecule has 2 aromatic rings. The van der Waals surface area contributed by atoms with Crippen LogP contribution in [0.1, 0.15) is 96.5 Å². The number of benzene rings is 1. The normalized spacial score (nSPS) is 14.5. The van der Waals surface area contributed by atoms with Gasteiger partial charge in [0.25, 0.3) is 5.91 Å². The van der Waals surface area contributed by atoms with Crippen molar-refractivity contribution in [2.45, 2.75) is 84.5 Å². The maximum absolute atomic E-state index is 13.7. The fourth-order valence-electron chi connectivity index (χ4n) is 5.32. The number of carbonyl (C=O) groups excluding carboxylic acids is 3. The average molecular weight is 564 g/mol. The fourth-order valence-corrected chi connectivity index (χ4v) is 5.32. The second-order valence-corrected chi connectivity index (χ2v) is 10.9. The molecule has 0 saturated heterocycles. The number of nitrogens with two attached hydrogens (primary N) is 1. The van der Waals surface area contributed by atoms with Crippen molar-refractivity contribution in [1.29, 1.82) is 0 Å². The maximum Gasteiger partial charge on any atom is 0.416 e. The second kappa shape index (κ2) is 14.0. The second-order valence-electron chi connectivity index (χ2n) is 10.9. The molecule has 1 aliphatic rings. The Balaban J connectivity index is 1.89. The zero-order valence-electron chi connectivity index (χ0n) is 23.6. The van der Waals surface area contributed by atoms with Crippen LogP contribution in [0.3, 0.4) is 0 Å². The van der Waals surface area contributed by atoms with E-state index in [1.807, 2.05) is 13.8 Å². The lowest BCUT2D eigenvalue weighted by Crippen LogP contribution is -2.38. The zero-order valence-corrected chi connectivity index (χ0v) is 23.6. The number of hydrogen-bond acceptors (Lipinski definition) is 4. The number of alkyl halides is 3. The first-order chi connectivity index (χ1) is 18.9. The molecule has 2 N–H and O–H groups in total. The molecule has 3 rings (SSSR count). The summed E-state index contributed by atoms with van der Waals surface area (Å²) in [4.78, 5) is 40.6. The monoisotopic (exact) mass is 563 g/mol. The predicted molar refractivity (Wildman–Crippen MR) is 146 cm³/mol. The number of primary amides is 1. The number of hydrogen-bond donors (Lipinski definition) is 1. The molecule has 1 aliphatic carbocycles. The molecule has 0 radical (unpaired) electrons. The van der Waals surface area contributed by atoms with Crippen molar-refractivity contribution >= 4 is 17.6 Å². The first-order valence-corrected chi connectivity index (χ1v) is 14.0. The molecule has 40 heavy (non-hydrogen) atoms. The number of aromatic nitrogens is 1. The van der Waals surface area contributed by atoms with Crippen LogP contribution in [0.15, 0.2) is 30.3 Å². The Bertz CT molecular complexity index is 1180. The lowest BCUT2D eigenvalue weighted by molar-refractivity contribution is -0.138. The molecule has 1 aromatic heterocycles. The summed E-state index contributed by atoms with van der Waals surface area (Å²) >= 11 is 0. The van der Waals surface area contributed by atoms with Gasteiger partial charge in [-0.3, -0.25) is 14.4 Å². The fraction of sp³-hybridized carbons (Fsp3) is 0.567. The summed E-state index contributed by atoms with van der Waals surface area (Å²) in [5, 5.41) is 0. The number of carbonyl (C=O) groups is 3. The van der Waals surface area contributed by atoms with E-state index in [1.165, 1.54) is 33.7 Å². The van der Waals surface area contributed by atoms with Crippen LogP contribution in [0.5, 0.6) is 0 Å². The highest BCUT2D eigenvalue weighted by molar-refractivity contribution is 6.02. The topological polar surface area (TPSA) is 94.6 Å². The summed E-state index contributed by atoms with van der Waals surface area (Å²) in [5.41, 5.74) is 5.04. The molecule has 1 heterocycles. The van der Waals surface area contributed by atoms with Gasteiger partial charge in [-0.2, -0.15) is 13.2 Å². The van der Waals surface area contributed by atoms with Gasteiger partial charge in [0.1, 0.15) is 0 Å². The number of Topliss-reactive ketones (excluding diaryl/α,β-unsaturated/α-hetero) is 1. The molecule has 0 aliphatic heterocycles. The third-order valence-corrected chi connectivity index (χ3v) is 7.47. The molecular formula is C30H40F3N3O4. The summed E-state index contributed by atoms with van der Waals surface area (Å²) in [7, 11) is 0. The predicted octanol–water partition coefficient (Wildman–Crippen LogP) is 5.76. The third kappa shape index (κ3) is 8.43. The Hall–Kier alpha value is -3.14. The van der Waals surface area contributed by atoms with Crippen LogP contribution >= 0.6 is 0 Å². The molecule has 0 unspecified atom stereocenters. The minimum atomic E-state index is -4.59. The largest absolute Gasteiger partial charge is 0.416 e. The van der Waals surface area contributed by atoms with Crippen LogP contribution in [-0.4, -0.2) is 52.9 Å². The van der Waals surface area contributed by atoms with Crippen molar-refractivity contribution in [3.8, 4) is 0 Å². The van der Waals surface area contributed by atoms with Gasteiger partial charge in [0.2, 0.25) is 5.91 Å². The van der Waals surface area contributed by atoms with E-state index in [0.717, 1.165) is 38.2 Å². The molecule has 1 fully saturated rings. The zero-order chi connectivity index (χ0) is 29.4. The first kappa shape index (κ1) is 31.4. The van der Waals surface area contributed by atoms with E-state index < -0.39 is 23.4 Å². The maximum atomic E-state index is 13.7. The van der Waals surface area contributed by atoms with E-state index in [1.54, 1.807) is 6.92 Å². The number of ketones is 1. The lowest BCUT2D eigenvalue weighted by atomic mass is 9.86. The van der Waals surface area contributed by atoms with Crippen LogP contribution in [0.2, 0.25) is 0 Å². The van der Waals surface area contributed by atoms with E-state index in [-0.39, 0.29) is 47.8 Å². The molecule has 0 atom stereocenters. The van der Waals surface area contributed by atoms with Gasteiger partial charge < -0.3 is 19.9 Å². The summed E-state index contributed by atoms with van der Waals surface area (Å²) in [6.45, 7) is 5.57. The molecule has 2 amide bonds. The van der Waals surface area contributed by atoms with Gasteiger partial charge in [-0.25, -0.2) is 0 Å². The van der Waals surface area contributed by atoms with Gasteiger partial charge in [0.05, 0.1) is 29.5 Å². The van der Waals surface area contributed by atoms with E-state index in [4.69, 9.17) is 10.5 Å². The van der Waals surface area contributed by atoms with Gasteiger partial charge in [-0.1, -0.05) is 37.5 Å². The summed E-state index contributed by atoms with van der Waals surface area (Å²) in [5.74, 6) is -1.11. The standard InChI is InChI=1S/C30H40F3N3O4/c1-20(2)40-15-9-14-35(28(38)16-22-10-5-4-6-11-22)19-27(37)26-17-24(29(34)39)21(3)36(26)18-23-12-7-8-13-25(23)30(31,32)33/h7-8,12-13,17,20,22H,4-6,9-11,14-16,18-19H2,1-3H3,(H2,34,39). The van der Waals surface area contributed by atoms with Crippen LogP contribution < -0.4 is 5.73 Å². The van der Waals surface area contributed by atoms with E-state index in [2.05, 4.69) is 0 Å². The van der Waals surface area contributed by atoms with Gasteiger partial charge in [0.15, 0.2) is 5.78 Å². The Morgan fingerprint density at radius 3 is 2.42 bits per heavy atom. The van der Waals surface area contributed by atoms with E-state index >= 15 is 0 Å². The Kier molecular flexibility index (Phi) is 11.0. The summed E-state index contributed by atoms with van der Waals surface area (Å²) in [6, 6.07) is 6.44. The van der Waals surface area contributed by atoms with Gasteiger partial charge in [0, 0.05) is 31.8 Å². The first-order valence-electron chi connectivity index (χ1n) is 14.0. The highest BCUT2D eigenvalue weighted by Gasteiger charge is 2.34. The van der Waals surface area contributed by atoms with Crippen molar-refractivity contribution in [3.05, 3.63) is 58.4 Å². The number of rotatable bonds is 13. The molecule has 1 aromatic carbocycles. The van der Waals surface area contributed by atoms with Gasteiger partial charge >= 0.3 is 6.18 Å². The molecule has 220 valence electrons. The van der Waals surface area contributed by atoms with Crippen LogP contribution in [0.25, 0.3) is 0 Å². The highest BCUT2D eigenvalue weighted by Crippen LogP contribution is 2.33. The van der Waals surface area contributed by atoms with Crippen molar-refractivity contribution in [2.24, 2.45) is 11.7 Å². The van der Waals surface area contributed by atoms with Crippen LogP contribution in [0.4, 0.5) is 13.2 Å². The minimum Gasteiger partial charge on any atom is -0.379 e. The van der Waals surface area contributed by atoms with Crippen LogP contribution in [0, 0.1) is 12.8 Å². The van der Waals surface area contributed by atoms with E-state index in [9.17, 15) is 27.6 Å². The summed E-state index contributed by atoms with van der Waals surface area (Å²) < 4.78 is 48.1. The molecule has 1 saturated carbocycles. The Morgan fingerprint density at radius 1 is 1.12 bits per heavy atom. The third-order valence-electron chi connectivity index (χ3n) is 7.47. The Morgan fingerprint density at radius 2 is 1.80 bits per heavy atom. The number of nitrogens with zero attached hydrogens (tertiary/aromatic N) is 2. The molecule has 7 nitrogen and oxygen atoms in total. The van der Waals surface area contributed by atoms with E-state index in [0.29, 0.717) is 31.7 Å². The molecule has 0 bridgehead atoms. The molecule has 0 spiro atoms. The lowest BCUT2D eigenvalue weighted by Gasteiger charge is -2.27. The van der Waals surface area contributed by atoms with Crippen molar-refractivity contribution < 1.29 is 32.3 Å². The van der Waals surface area contributed by atoms with Gasteiger partial charge in [-0.15, -0.1) is 0 Å². The molecule has 10 heteroatoms. The van der Waals surface area contributed by atoms with Crippen molar-refractivity contribution in [2.75, 3.05) is 19.7 Å². The highest BCUT2D eigenvalue weighted by atomic mass is 19.4. The minimum absolute atomic E-state index is 0.0334. The smallest absolute Gasteiger partial charge is 0.379 e. The van der Waals surface area contributed by atoms with Crippen LogP contribution in [-0.2, 0) is 22.3 Å². The SMILES string of the molecule is Cc1c(C(N)=O)cc(C(=O)CN(CCCOC(C)C)C(=O)CC2CCCCC2)n1Cc1ccccc1C(F)(F)F. The van der Waals surface area contributed by atoms with Crippen molar-refractivity contribution in [3.63, 3.8) is 0 Å².